The molecule has 1 aromatic carbocycles. The molecule has 118 valence electrons. The number of aromatic nitrogens is 3. The van der Waals surface area contributed by atoms with Gasteiger partial charge < -0.3 is 4.74 Å². The maximum atomic E-state index is 13.5. The number of hydrogen-bond donors (Lipinski definition) is 0. The molecule has 2 heterocycles. The summed E-state index contributed by atoms with van der Waals surface area (Å²) in [5, 5.41) is 4.51. The molecule has 0 aliphatic heterocycles. The predicted octanol–water partition coefficient (Wildman–Crippen LogP) is 1.88. The highest BCUT2D eigenvalue weighted by atomic mass is 32.1. The summed E-state index contributed by atoms with van der Waals surface area (Å²) in [6.45, 7) is 1.63. The molecule has 0 fully saturated rings. The molecular formula is C15H12FN3O3S. The van der Waals surface area contributed by atoms with E-state index in [0.717, 1.165) is 4.52 Å². The summed E-state index contributed by atoms with van der Waals surface area (Å²) >= 11 is 1.17. The number of aryl methyl sites for hydroxylation is 1. The topological polar surface area (TPSA) is 73.6 Å². The summed E-state index contributed by atoms with van der Waals surface area (Å²) in [6, 6.07) is 7.40. The number of hydrogen-bond acceptors (Lipinski definition) is 6. The zero-order valence-corrected chi connectivity index (χ0v) is 13.0. The molecule has 3 aromatic rings. The Morgan fingerprint density at radius 1 is 1.39 bits per heavy atom. The lowest BCUT2D eigenvalue weighted by molar-refractivity contribution is -0.144. The van der Waals surface area contributed by atoms with E-state index in [-0.39, 0.29) is 24.2 Å². The fourth-order valence-electron chi connectivity index (χ4n) is 2.01. The van der Waals surface area contributed by atoms with Crippen molar-refractivity contribution in [1.82, 2.24) is 14.6 Å². The third-order valence-corrected chi connectivity index (χ3v) is 3.95. The first-order chi connectivity index (χ1) is 11.0. The van der Waals surface area contributed by atoms with E-state index < -0.39 is 11.8 Å². The van der Waals surface area contributed by atoms with E-state index in [1.807, 2.05) is 0 Å². The molecule has 0 amide bonds. The highest BCUT2D eigenvalue weighted by molar-refractivity contribution is 7.16. The van der Waals surface area contributed by atoms with Gasteiger partial charge in [0.15, 0.2) is 5.01 Å². The lowest BCUT2D eigenvalue weighted by Crippen LogP contribution is -2.14. The molecule has 0 radical (unpaired) electrons. The van der Waals surface area contributed by atoms with Crippen LogP contribution in [0.25, 0.3) is 4.96 Å². The van der Waals surface area contributed by atoms with Crippen LogP contribution < -0.4 is 5.56 Å². The van der Waals surface area contributed by atoms with Crippen LogP contribution >= 0.6 is 11.3 Å². The normalized spacial score (nSPS) is 10.9. The van der Waals surface area contributed by atoms with E-state index in [9.17, 15) is 14.0 Å². The number of esters is 1. The van der Waals surface area contributed by atoms with E-state index in [1.165, 1.54) is 29.5 Å². The lowest BCUT2D eigenvalue weighted by atomic mass is 10.1. The van der Waals surface area contributed by atoms with E-state index in [1.54, 1.807) is 19.1 Å². The average molecular weight is 333 g/mol. The van der Waals surface area contributed by atoms with E-state index >= 15 is 0 Å². The second-order valence-electron chi connectivity index (χ2n) is 4.85. The summed E-state index contributed by atoms with van der Waals surface area (Å²) < 4.78 is 19.7. The number of carbonyl (C=O) groups excluding carboxylic acids is 1. The summed E-state index contributed by atoms with van der Waals surface area (Å²) in [4.78, 5) is 28.2. The molecule has 8 heteroatoms. The predicted molar refractivity (Wildman–Crippen MR) is 81.8 cm³/mol. The number of carbonyl (C=O) groups is 1. The maximum absolute atomic E-state index is 13.5. The number of halogens is 1. The van der Waals surface area contributed by atoms with Crippen molar-refractivity contribution in [2.45, 2.75) is 20.0 Å². The third-order valence-electron chi connectivity index (χ3n) is 3.06. The Morgan fingerprint density at radius 2 is 2.17 bits per heavy atom. The fraction of sp³-hybridized carbons (Fsp3) is 0.200. The average Bonchev–Trinajstić information content (AvgIpc) is 2.91. The Hall–Kier alpha value is -2.61. The molecule has 0 unspecified atom stereocenters. The molecular weight excluding hydrogens is 321 g/mol. The smallest absolute Gasteiger partial charge is 0.310 e. The Balaban J connectivity index is 1.69. The number of nitrogens with zero attached hydrogens (tertiary/aromatic N) is 3. The minimum absolute atomic E-state index is 0.0835. The molecule has 23 heavy (non-hydrogen) atoms. The van der Waals surface area contributed by atoms with E-state index in [0.29, 0.717) is 15.7 Å². The number of benzene rings is 1. The molecule has 0 saturated carbocycles. The van der Waals surface area contributed by atoms with Crippen molar-refractivity contribution >= 4 is 22.3 Å². The molecule has 3 rings (SSSR count). The van der Waals surface area contributed by atoms with Crippen LogP contribution in [0.2, 0.25) is 0 Å². The van der Waals surface area contributed by atoms with Crippen LogP contribution in [0.3, 0.4) is 0 Å². The summed E-state index contributed by atoms with van der Waals surface area (Å²) in [7, 11) is 0. The maximum Gasteiger partial charge on any atom is 0.310 e. The van der Waals surface area contributed by atoms with Crippen LogP contribution in [-0.4, -0.2) is 20.6 Å². The first-order valence-electron chi connectivity index (χ1n) is 6.78. The summed E-state index contributed by atoms with van der Waals surface area (Å²) in [5.41, 5.74) is 0.588. The number of rotatable bonds is 4. The zero-order chi connectivity index (χ0) is 16.4. The standard InChI is InChI=1S/C15H12FN3O3S/c1-9-6-13(20)19-15(17-9)23-12(18-19)8-22-14(21)7-10-4-2-3-5-11(10)16/h2-6H,7-8H2,1H3. The second-order valence-corrected chi connectivity index (χ2v) is 5.90. The van der Waals surface area contributed by atoms with Gasteiger partial charge in [-0.2, -0.15) is 9.61 Å². The molecule has 0 atom stereocenters. The van der Waals surface area contributed by atoms with Crippen LogP contribution in [0.5, 0.6) is 0 Å². The van der Waals surface area contributed by atoms with Gasteiger partial charge in [0.05, 0.1) is 6.42 Å². The minimum atomic E-state index is -0.564. The van der Waals surface area contributed by atoms with Gasteiger partial charge in [-0.1, -0.05) is 29.5 Å². The van der Waals surface area contributed by atoms with Crippen molar-refractivity contribution < 1.29 is 13.9 Å². The minimum Gasteiger partial charge on any atom is -0.458 e. The van der Waals surface area contributed by atoms with Crippen molar-refractivity contribution in [2.24, 2.45) is 0 Å². The van der Waals surface area contributed by atoms with Crippen LogP contribution in [-0.2, 0) is 22.6 Å². The second kappa shape index (κ2) is 6.25. The molecule has 0 aliphatic carbocycles. The van der Waals surface area contributed by atoms with Gasteiger partial charge in [0.2, 0.25) is 4.96 Å². The van der Waals surface area contributed by atoms with Gasteiger partial charge >= 0.3 is 5.97 Å². The SMILES string of the molecule is Cc1cc(=O)n2nc(COC(=O)Cc3ccccc3F)sc2n1. The van der Waals surface area contributed by atoms with Gasteiger partial charge in [0.25, 0.3) is 5.56 Å². The van der Waals surface area contributed by atoms with Gasteiger partial charge in [0.1, 0.15) is 12.4 Å². The van der Waals surface area contributed by atoms with Crippen molar-refractivity contribution in [2.75, 3.05) is 0 Å². The monoisotopic (exact) mass is 333 g/mol. The van der Waals surface area contributed by atoms with Crippen molar-refractivity contribution in [3.05, 3.63) is 62.8 Å². The number of fused-ring (bicyclic) bond motifs is 1. The molecule has 0 spiro atoms. The van der Waals surface area contributed by atoms with Crippen molar-refractivity contribution in [3.8, 4) is 0 Å². The lowest BCUT2D eigenvalue weighted by Gasteiger charge is -2.03. The van der Waals surface area contributed by atoms with Crippen LogP contribution in [0.15, 0.2) is 35.1 Å². The van der Waals surface area contributed by atoms with Gasteiger partial charge in [-0.25, -0.2) is 9.37 Å². The van der Waals surface area contributed by atoms with E-state index in [4.69, 9.17) is 4.74 Å². The van der Waals surface area contributed by atoms with Crippen LogP contribution in [0.1, 0.15) is 16.3 Å². The third kappa shape index (κ3) is 3.42. The van der Waals surface area contributed by atoms with Gasteiger partial charge in [-0.15, -0.1) is 0 Å². The number of ether oxygens (including phenoxy) is 1. The zero-order valence-electron chi connectivity index (χ0n) is 12.2. The molecule has 0 aliphatic rings. The Morgan fingerprint density at radius 3 is 2.96 bits per heavy atom. The van der Waals surface area contributed by atoms with Gasteiger partial charge in [-0.05, 0) is 18.6 Å². The quantitative estimate of drug-likeness (QED) is 0.682. The molecule has 0 bridgehead atoms. The fourth-order valence-corrected chi connectivity index (χ4v) is 2.87. The van der Waals surface area contributed by atoms with Gasteiger partial charge in [-0.3, -0.25) is 9.59 Å². The Labute approximate surface area is 134 Å². The van der Waals surface area contributed by atoms with Crippen molar-refractivity contribution in [1.29, 1.82) is 0 Å². The highest BCUT2D eigenvalue weighted by Gasteiger charge is 2.12. The Kier molecular flexibility index (Phi) is 4.16. The van der Waals surface area contributed by atoms with Gasteiger partial charge in [0, 0.05) is 11.8 Å². The van der Waals surface area contributed by atoms with Crippen molar-refractivity contribution in [3.63, 3.8) is 0 Å². The molecule has 0 saturated heterocycles. The highest BCUT2D eigenvalue weighted by Crippen LogP contribution is 2.13. The first kappa shape index (κ1) is 15.3. The Bertz CT molecular complexity index is 935. The first-order valence-corrected chi connectivity index (χ1v) is 7.60. The molecule has 6 nitrogen and oxygen atoms in total. The summed E-state index contributed by atoms with van der Waals surface area (Å²) in [5.74, 6) is -1.01. The summed E-state index contributed by atoms with van der Waals surface area (Å²) in [6.07, 6.45) is -0.158. The van der Waals surface area contributed by atoms with E-state index in [2.05, 4.69) is 10.1 Å². The largest absolute Gasteiger partial charge is 0.458 e. The van der Waals surface area contributed by atoms with Crippen LogP contribution in [0, 0.1) is 12.7 Å². The molecule has 2 aromatic heterocycles. The molecule has 0 N–H and O–H groups in total. The van der Waals surface area contributed by atoms with Crippen LogP contribution in [0.4, 0.5) is 4.39 Å².